The molecule has 0 saturated heterocycles. The number of allylic oxidation sites excluding steroid dienone is 4. The number of carbonyl (C=O) groups is 1. The average molecular weight is 427 g/mol. The summed E-state index contributed by atoms with van der Waals surface area (Å²) in [6, 6.07) is 0. The van der Waals surface area contributed by atoms with Crippen molar-refractivity contribution in [3.8, 4) is 0 Å². The van der Waals surface area contributed by atoms with E-state index < -0.39 is 0 Å². The molecule has 0 spiro atoms. The van der Waals surface area contributed by atoms with Crippen LogP contribution in [0.3, 0.4) is 0 Å². The fraction of sp³-hybridized carbons (Fsp3) is 0.759. The minimum absolute atomic E-state index is 0.0202. The Morgan fingerprint density at radius 1 is 1.16 bits per heavy atom. The molecule has 0 aromatic heterocycles. The van der Waals surface area contributed by atoms with E-state index in [1.54, 1.807) is 5.57 Å². The van der Waals surface area contributed by atoms with Gasteiger partial charge in [-0.1, -0.05) is 76.8 Å². The summed E-state index contributed by atoms with van der Waals surface area (Å²) in [4.78, 5) is 11.4. The van der Waals surface area contributed by atoms with Crippen LogP contribution >= 0.6 is 0 Å². The Hall–Kier alpha value is -1.31. The number of esters is 1. The molecule has 0 N–H and O–H groups in total. The molecule has 3 saturated carbocycles. The quantitative estimate of drug-likeness (QED) is 0.383. The number of rotatable bonds is 7. The topological polar surface area (TPSA) is 26.3 Å². The number of hydrogen-bond donors (Lipinski definition) is 0. The van der Waals surface area contributed by atoms with Gasteiger partial charge in [0.05, 0.1) is 0 Å². The van der Waals surface area contributed by atoms with Gasteiger partial charge in [0, 0.05) is 13.3 Å². The molecule has 174 valence electrons. The maximum absolute atomic E-state index is 11.4. The van der Waals surface area contributed by atoms with Gasteiger partial charge >= 0.3 is 5.97 Å². The monoisotopic (exact) mass is 426 g/mol. The maximum atomic E-state index is 11.4. The second kappa shape index (κ2) is 10.5. The molecule has 3 aliphatic carbocycles. The van der Waals surface area contributed by atoms with Crippen LogP contribution in [0.5, 0.6) is 0 Å². The zero-order valence-electron chi connectivity index (χ0n) is 20.8. The molecule has 31 heavy (non-hydrogen) atoms. The molecule has 2 nitrogen and oxygen atoms in total. The first-order valence-electron chi connectivity index (χ1n) is 13.0. The summed E-state index contributed by atoms with van der Waals surface area (Å²) < 4.78 is 5.49. The van der Waals surface area contributed by atoms with Gasteiger partial charge in [-0.15, -0.1) is 0 Å². The number of hydrogen-bond acceptors (Lipinski definition) is 2. The molecule has 3 fully saturated rings. The first-order chi connectivity index (χ1) is 14.7. The smallest absolute Gasteiger partial charge is 0.302 e. The molecule has 1 unspecified atom stereocenters. The van der Waals surface area contributed by atoms with E-state index >= 15 is 0 Å². The first kappa shape index (κ1) is 24.3. The Bertz CT molecular complexity index is 712. The van der Waals surface area contributed by atoms with E-state index in [2.05, 4.69) is 46.4 Å². The lowest BCUT2D eigenvalue weighted by Crippen LogP contribution is -2.36. The highest BCUT2D eigenvalue weighted by atomic mass is 16.5. The van der Waals surface area contributed by atoms with Gasteiger partial charge in [-0.25, -0.2) is 0 Å². The van der Waals surface area contributed by atoms with E-state index in [-0.39, 0.29) is 12.1 Å². The fourth-order valence-electron chi connectivity index (χ4n) is 6.98. The summed E-state index contributed by atoms with van der Waals surface area (Å²) in [6.07, 6.45) is 18.3. The first-order valence-corrected chi connectivity index (χ1v) is 13.0. The summed E-state index contributed by atoms with van der Waals surface area (Å²) in [5.74, 6) is 3.12. The zero-order chi connectivity index (χ0) is 22.6. The van der Waals surface area contributed by atoms with Crippen LogP contribution in [0.25, 0.3) is 0 Å². The minimum atomic E-state index is -0.169. The van der Waals surface area contributed by atoms with Crippen LogP contribution < -0.4 is 0 Å². The fourth-order valence-corrected chi connectivity index (χ4v) is 6.98. The lowest BCUT2D eigenvalue weighted by atomic mass is 9.60. The van der Waals surface area contributed by atoms with Crippen LogP contribution in [-0.4, -0.2) is 12.1 Å². The van der Waals surface area contributed by atoms with Crippen molar-refractivity contribution in [3.05, 3.63) is 35.5 Å². The Kier molecular flexibility index (Phi) is 8.27. The number of fused-ring (bicyclic) bond motifs is 1. The van der Waals surface area contributed by atoms with Crippen molar-refractivity contribution in [1.29, 1.82) is 0 Å². The minimum Gasteiger partial charge on any atom is -0.462 e. The lowest BCUT2D eigenvalue weighted by molar-refractivity contribution is -0.146. The highest BCUT2D eigenvalue weighted by Gasteiger charge is 2.50. The molecule has 0 aliphatic heterocycles. The largest absolute Gasteiger partial charge is 0.462 e. The van der Waals surface area contributed by atoms with E-state index in [4.69, 9.17) is 4.74 Å². The standard InChI is InChI=1S/C29H46O2/c1-20(2)9-7-10-22(4)27-16-17-28-24(11-8-18-29(27,28)6)13-14-25-19-26(31-23(5)30)15-12-21(25)3/h13-14,20,22,26-28H,3,7-12,15-19H2,1-2,4-6H3/b24-13?,25-14-/t22-,26-,27-,28?,29-/m1/s1. The van der Waals surface area contributed by atoms with Crippen LogP contribution in [0.4, 0.5) is 0 Å². The molecule has 3 rings (SSSR count). The van der Waals surface area contributed by atoms with Crippen LogP contribution in [0, 0.1) is 29.1 Å². The van der Waals surface area contributed by atoms with Gasteiger partial charge in [-0.2, -0.15) is 0 Å². The van der Waals surface area contributed by atoms with Gasteiger partial charge in [-0.3, -0.25) is 4.79 Å². The summed E-state index contributed by atoms with van der Waals surface area (Å²) in [6.45, 7) is 15.6. The second-order valence-electron chi connectivity index (χ2n) is 11.4. The van der Waals surface area contributed by atoms with Gasteiger partial charge in [0.15, 0.2) is 0 Å². The molecule has 2 heteroatoms. The Morgan fingerprint density at radius 3 is 2.65 bits per heavy atom. The molecular weight excluding hydrogens is 380 g/mol. The molecular formula is C29H46O2. The molecule has 3 aliphatic rings. The van der Waals surface area contributed by atoms with Crippen molar-refractivity contribution in [1.82, 2.24) is 0 Å². The van der Waals surface area contributed by atoms with Crippen LogP contribution in [0.15, 0.2) is 35.5 Å². The van der Waals surface area contributed by atoms with Crippen molar-refractivity contribution >= 4 is 5.97 Å². The van der Waals surface area contributed by atoms with E-state index in [0.29, 0.717) is 5.41 Å². The van der Waals surface area contributed by atoms with E-state index in [0.717, 1.165) is 42.9 Å². The average Bonchev–Trinajstić information content (AvgIpc) is 3.05. The maximum Gasteiger partial charge on any atom is 0.302 e. The van der Waals surface area contributed by atoms with E-state index in [1.807, 2.05) is 0 Å². The van der Waals surface area contributed by atoms with Gasteiger partial charge in [-0.05, 0) is 79.6 Å². The molecule has 5 atom stereocenters. The SMILES string of the molecule is C=C1CC[C@@H](OC(C)=O)C/C1=C/C=C1CCC[C@@]2(C)C1CC[C@@H]2[C@H](C)CCCC(C)C. The highest BCUT2D eigenvalue weighted by Crippen LogP contribution is 2.60. The Labute approximate surface area is 191 Å². The van der Waals surface area contributed by atoms with Crippen LogP contribution in [-0.2, 0) is 9.53 Å². The van der Waals surface area contributed by atoms with Crippen LogP contribution in [0.2, 0.25) is 0 Å². The van der Waals surface area contributed by atoms with Gasteiger partial charge in [0.2, 0.25) is 0 Å². The van der Waals surface area contributed by atoms with Gasteiger partial charge in [0.1, 0.15) is 6.10 Å². The van der Waals surface area contributed by atoms with Gasteiger partial charge in [0.25, 0.3) is 0 Å². The van der Waals surface area contributed by atoms with E-state index in [9.17, 15) is 4.79 Å². The molecule has 0 aromatic carbocycles. The third kappa shape index (κ3) is 5.93. The third-order valence-electron chi connectivity index (χ3n) is 8.67. The Morgan fingerprint density at radius 2 is 1.94 bits per heavy atom. The van der Waals surface area contributed by atoms with Gasteiger partial charge < -0.3 is 4.74 Å². The van der Waals surface area contributed by atoms with Crippen molar-refractivity contribution < 1.29 is 9.53 Å². The number of ether oxygens (including phenoxy) is 1. The predicted molar refractivity (Wildman–Crippen MR) is 131 cm³/mol. The van der Waals surface area contributed by atoms with Crippen molar-refractivity contribution in [2.24, 2.45) is 29.1 Å². The lowest BCUT2D eigenvalue weighted by Gasteiger charge is -2.44. The zero-order valence-corrected chi connectivity index (χ0v) is 20.8. The molecule has 0 heterocycles. The molecule has 0 amide bonds. The molecule has 0 radical (unpaired) electrons. The summed E-state index contributed by atoms with van der Waals surface area (Å²) >= 11 is 0. The Balaban J connectivity index is 1.69. The normalized spacial score (nSPS) is 34.9. The van der Waals surface area contributed by atoms with Crippen molar-refractivity contribution in [3.63, 3.8) is 0 Å². The molecule has 0 aromatic rings. The molecule has 0 bridgehead atoms. The van der Waals surface area contributed by atoms with Crippen molar-refractivity contribution in [2.45, 2.75) is 111 Å². The van der Waals surface area contributed by atoms with Crippen LogP contribution in [0.1, 0.15) is 105 Å². The predicted octanol–water partition coefficient (Wildman–Crippen LogP) is 8.19. The third-order valence-corrected chi connectivity index (χ3v) is 8.67. The van der Waals surface area contributed by atoms with E-state index in [1.165, 1.54) is 69.4 Å². The summed E-state index contributed by atoms with van der Waals surface area (Å²) in [7, 11) is 0. The van der Waals surface area contributed by atoms with Crippen molar-refractivity contribution in [2.75, 3.05) is 0 Å². The summed E-state index contributed by atoms with van der Waals surface area (Å²) in [5.41, 5.74) is 4.65. The second-order valence-corrected chi connectivity index (χ2v) is 11.4. The summed E-state index contributed by atoms with van der Waals surface area (Å²) in [5, 5.41) is 0. The number of carbonyl (C=O) groups excluding carboxylic acids is 1. The highest BCUT2D eigenvalue weighted by molar-refractivity contribution is 5.66.